The van der Waals surface area contributed by atoms with Gasteiger partial charge in [0.25, 0.3) is 11.6 Å². The Bertz CT molecular complexity index is 932. The number of carbonyl (C=O) groups excluding carboxylic acids is 2. The number of non-ortho nitro benzene ring substituents is 1. The second kappa shape index (κ2) is 9.51. The number of rotatable bonds is 7. The maximum Gasteiger partial charge on any atom is 0.270 e. The molecule has 1 aliphatic heterocycles. The SMILES string of the molecule is O=C(NCCC(=O)N1CCCC1)c1cc([N+](=O)[O-])ccc1Sc1ccccc1F. The van der Waals surface area contributed by atoms with Gasteiger partial charge in [0.15, 0.2) is 0 Å². The summed E-state index contributed by atoms with van der Waals surface area (Å²) in [5.74, 6) is -1.01. The maximum atomic E-state index is 14.0. The number of hydrogen-bond donors (Lipinski definition) is 1. The van der Waals surface area contributed by atoms with Crippen molar-refractivity contribution in [1.29, 1.82) is 0 Å². The molecule has 0 spiro atoms. The van der Waals surface area contributed by atoms with Gasteiger partial charge in [0, 0.05) is 48.0 Å². The molecule has 0 saturated carbocycles. The van der Waals surface area contributed by atoms with Crippen LogP contribution in [0.2, 0.25) is 0 Å². The number of nitro groups is 1. The van der Waals surface area contributed by atoms with Gasteiger partial charge in [-0.2, -0.15) is 0 Å². The molecule has 7 nitrogen and oxygen atoms in total. The highest BCUT2D eigenvalue weighted by atomic mass is 32.2. The Morgan fingerprint density at radius 3 is 2.55 bits per heavy atom. The minimum atomic E-state index is -0.592. The lowest BCUT2D eigenvalue weighted by Gasteiger charge is -2.15. The van der Waals surface area contributed by atoms with Crippen LogP contribution in [0.1, 0.15) is 29.6 Å². The zero-order valence-corrected chi connectivity index (χ0v) is 16.4. The van der Waals surface area contributed by atoms with Crippen LogP contribution in [-0.2, 0) is 4.79 Å². The summed E-state index contributed by atoms with van der Waals surface area (Å²) in [5.41, 5.74) is -0.165. The monoisotopic (exact) mass is 417 g/mol. The molecule has 1 aliphatic rings. The van der Waals surface area contributed by atoms with Crippen LogP contribution in [0.25, 0.3) is 0 Å². The predicted octanol–water partition coefficient (Wildman–Crippen LogP) is 3.63. The molecule has 1 heterocycles. The van der Waals surface area contributed by atoms with E-state index in [2.05, 4.69) is 5.32 Å². The van der Waals surface area contributed by atoms with Gasteiger partial charge in [0.2, 0.25) is 5.91 Å². The number of nitrogens with zero attached hydrogens (tertiary/aromatic N) is 2. The van der Waals surface area contributed by atoms with Gasteiger partial charge in [0.1, 0.15) is 5.82 Å². The molecule has 0 atom stereocenters. The molecule has 152 valence electrons. The molecule has 2 aromatic carbocycles. The third-order valence-corrected chi connectivity index (χ3v) is 5.69. The Hall–Kier alpha value is -2.94. The van der Waals surface area contributed by atoms with Gasteiger partial charge in [0.05, 0.1) is 10.5 Å². The summed E-state index contributed by atoms with van der Waals surface area (Å²) < 4.78 is 14.0. The van der Waals surface area contributed by atoms with Gasteiger partial charge in [-0.15, -0.1) is 0 Å². The first kappa shape index (κ1) is 20.8. The molecule has 0 unspecified atom stereocenters. The predicted molar refractivity (Wildman–Crippen MR) is 106 cm³/mol. The molecule has 0 bridgehead atoms. The number of likely N-dealkylation sites (tertiary alicyclic amines) is 1. The van der Waals surface area contributed by atoms with Gasteiger partial charge in [-0.05, 0) is 31.0 Å². The number of nitro benzene ring substituents is 1. The van der Waals surface area contributed by atoms with E-state index in [1.807, 2.05) is 0 Å². The van der Waals surface area contributed by atoms with Crippen LogP contribution in [0.5, 0.6) is 0 Å². The Morgan fingerprint density at radius 2 is 1.86 bits per heavy atom. The van der Waals surface area contributed by atoms with E-state index in [4.69, 9.17) is 0 Å². The van der Waals surface area contributed by atoms with E-state index in [0.29, 0.717) is 9.79 Å². The number of benzene rings is 2. The quantitative estimate of drug-likeness (QED) is 0.549. The van der Waals surface area contributed by atoms with Crippen LogP contribution in [0.3, 0.4) is 0 Å². The molecule has 2 amide bonds. The number of carbonyl (C=O) groups is 2. The van der Waals surface area contributed by atoms with E-state index < -0.39 is 16.6 Å². The average Bonchev–Trinajstić information content (AvgIpc) is 3.24. The first-order valence-electron chi connectivity index (χ1n) is 9.22. The lowest BCUT2D eigenvalue weighted by Crippen LogP contribution is -2.32. The summed E-state index contributed by atoms with van der Waals surface area (Å²) in [7, 11) is 0. The molecular weight excluding hydrogens is 397 g/mol. The minimum Gasteiger partial charge on any atom is -0.351 e. The molecule has 2 aromatic rings. The Balaban J connectivity index is 1.73. The molecule has 1 fully saturated rings. The molecule has 0 aliphatic carbocycles. The topological polar surface area (TPSA) is 92.6 Å². The van der Waals surface area contributed by atoms with Crippen molar-refractivity contribution >= 4 is 29.3 Å². The highest BCUT2D eigenvalue weighted by molar-refractivity contribution is 7.99. The standard InChI is InChI=1S/C20H20FN3O4S/c21-16-5-1-2-6-18(16)29-17-8-7-14(24(27)28)13-15(17)20(26)22-10-9-19(25)23-11-3-4-12-23/h1-2,5-8,13H,3-4,9-12H2,(H,22,26). The van der Waals surface area contributed by atoms with Crippen molar-refractivity contribution in [2.75, 3.05) is 19.6 Å². The van der Waals surface area contributed by atoms with E-state index in [1.54, 1.807) is 23.1 Å². The molecule has 1 saturated heterocycles. The number of nitrogens with one attached hydrogen (secondary N) is 1. The van der Waals surface area contributed by atoms with Crippen molar-refractivity contribution in [3.63, 3.8) is 0 Å². The molecule has 0 radical (unpaired) electrons. The third-order valence-electron chi connectivity index (χ3n) is 4.56. The molecule has 9 heteroatoms. The molecular formula is C20H20FN3O4S. The lowest BCUT2D eigenvalue weighted by atomic mass is 10.2. The number of hydrogen-bond acceptors (Lipinski definition) is 5. The number of halogens is 1. The third kappa shape index (κ3) is 5.32. The Morgan fingerprint density at radius 1 is 1.14 bits per heavy atom. The summed E-state index contributed by atoms with van der Waals surface area (Å²) in [6, 6.07) is 9.97. The van der Waals surface area contributed by atoms with Crippen molar-refractivity contribution in [1.82, 2.24) is 10.2 Å². The summed E-state index contributed by atoms with van der Waals surface area (Å²) >= 11 is 1.02. The Kier molecular flexibility index (Phi) is 6.82. The van der Waals surface area contributed by atoms with Crippen LogP contribution >= 0.6 is 11.8 Å². The molecule has 0 aromatic heterocycles. The summed E-state index contributed by atoms with van der Waals surface area (Å²) in [4.78, 5) is 37.7. The molecule has 29 heavy (non-hydrogen) atoms. The fraction of sp³-hybridized carbons (Fsp3) is 0.300. The van der Waals surface area contributed by atoms with Gasteiger partial charge in [-0.25, -0.2) is 4.39 Å². The van der Waals surface area contributed by atoms with Crippen molar-refractivity contribution in [3.05, 3.63) is 64.0 Å². The Labute approximate surface area is 171 Å². The molecule has 1 N–H and O–H groups in total. The zero-order valence-electron chi connectivity index (χ0n) is 15.6. The van der Waals surface area contributed by atoms with Crippen LogP contribution in [0, 0.1) is 15.9 Å². The highest BCUT2D eigenvalue weighted by Gasteiger charge is 2.20. The van der Waals surface area contributed by atoms with E-state index >= 15 is 0 Å². The van der Waals surface area contributed by atoms with Gasteiger partial charge < -0.3 is 10.2 Å². The largest absolute Gasteiger partial charge is 0.351 e. The van der Waals surface area contributed by atoms with Gasteiger partial charge in [-0.1, -0.05) is 23.9 Å². The first-order chi connectivity index (χ1) is 14.0. The second-order valence-corrected chi connectivity index (χ2v) is 7.65. The first-order valence-corrected chi connectivity index (χ1v) is 10.0. The van der Waals surface area contributed by atoms with Crippen LogP contribution in [0.15, 0.2) is 52.3 Å². The molecule has 3 rings (SSSR count). The summed E-state index contributed by atoms with van der Waals surface area (Å²) in [6.45, 7) is 1.60. The summed E-state index contributed by atoms with van der Waals surface area (Å²) in [5, 5.41) is 13.8. The van der Waals surface area contributed by atoms with E-state index in [-0.39, 0.29) is 30.1 Å². The minimum absolute atomic E-state index is 0.0252. The van der Waals surface area contributed by atoms with Gasteiger partial charge >= 0.3 is 0 Å². The fourth-order valence-electron chi connectivity index (χ4n) is 3.05. The fourth-order valence-corrected chi connectivity index (χ4v) is 3.99. The lowest BCUT2D eigenvalue weighted by molar-refractivity contribution is -0.384. The van der Waals surface area contributed by atoms with Crippen molar-refractivity contribution in [3.8, 4) is 0 Å². The number of amides is 2. The van der Waals surface area contributed by atoms with Crippen molar-refractivity contribution in [2.24, 2.45) is 0 Å². The van der Waals surface area contributed by atoms with Crippen LogP contribution in [-0.4, -0.2) is 41.3 Å². The van der Waals surface area contributed by atoms with Gasteiger partial charge in [-0.3, -0.25) is 19.7 Å². The van der Waals surface area contributed by atoms with Crippen LogP contribution in [0.4, 0.5) is 10.1 Å². The average molecular weight is 417 g/mol. The van der Waals surface area contributed by atoms with E-state index in [1.165, 1.54) is 24.3 Å². The van der Waals surface area contributed by atoms with Crippen molar-refractivity contribution < 1.29 is 18.9 Å². The normalized spacial score (nSPS) is 13.3. The van der Waals surface area contributed by atoms with E-state index in [9.17, 15) is 24.1 Å². The van der Waals surface area contributed by atoms with Crippen molar-refractivity contribution in [2.45, 2.75) is 29.1 Å². The second-order valence-electron chi connectivity index (χ2n) is 6.56. The smallest absolute Gasteiger partial charge is 0.270 e. The summed E-state index contributed by atoms with van der Waals surface area (Å²) in [6.07, 6.45) is 2.14. The van der Waals surface area contributed by atoms with E-state index in [0.717, 1.165) is 37.7 Å². The maximum absolute atomic E-state index is 14.0. The van der Waals surface area contributed by atoms with Crippen LogP contribution < -0.4 is 5.32 Å². The highest BCUT2D eigenvalue weighted by Crippen LogP contribution is 2.34. The zero-order chi connectivity index (χ0) is 20.8.